The average molecular weight is 428 g/mol. The lowest BCUT2D eigenvalue weighted by molar-refractivity contribution is -0.137. The van der Waals surface area contributed by atoms with Gasteiger partial charge in [0, 0.05) is 41.2 Å². The topological polar surface area (TPSA) is 105 Å². The van der Waals surface area contributed by atoms with Crippen LogP contribution in [0.3, 0.4) is 0 Å². The molecule has 4 aromatic rings. The molecule has 2 aromatic carbocycles. The molecule has 2 heterocycles. The number of rotatable bonds is 8. The van der Waals surface area contributed by atoms with Crippen LogP contribution < -0.4 is 0 Å². The van der Waals surface area contributed by atoms with Crippen molar-refractivity contribution in [2.45, 2.75) is 39.7 Å². The van der Waals surface area contributed by atoms with Crippen LogP contribution in [0.25, 0.3) is 33.7 Å². The Hall–Kier alpha value is -3.92. The Morgan fingerprint density at radius 2 is 2.09 bits per heavy atom. The molecule has 7 heteroatoms. The molecule has 4 rings (SSSR count). The molecule has 0 fully saturated rings. The van der Waals surface area contributed by atoms with Gasteiger partial charge in [0.05, 0.1) is 11.6 Å². The minimum absolute atomic E-state index is 0.133. The van der Waals surface area contributed by atoms with E-state index in [4.69, 9.17) is 9.63 Å². The summed E-state index contributed by atoms with van der Waals surface area (Å²) in [7, 11) is 0. The lowest BCUT2D eigenvalue weighted by Gasteiger charge is -2.07. The summed E-state index contributed by atoms with van der Waals surface area (Å²) in [6.45, 7) is 4.87. The Morgan fingerprint density at radius 1 is 1.25 bits per heavy atom. The largest absolute Gasteiger partial charge is 0.481 e. The first-order valence-electron chi connectivity index (χ1n) is 10.6. The minimum Gasteiger partial charge on any atom is -0.481 e. The third-order valence-corrected chi connectivity index (χ3v) is 5.38. The molecule has 0 bridgehead atoms. The van der Waals surface area contributed by atoms with Gasteiger partial charge in [-0.15, -0.1) is 0 Å². The number of carboxylic acid groups (broad SMARTS) is 1. The molecule has 0 saturated heterocycles. The van der Waals surface area contributed by atoms with Gasteiger partial charge in [0.15, 0.2) is 0 Å². The normalized spacial score (nSPS) is 11.2. The first kappa shape index (κ1) is 21.3. The van der Waals surface area contributed by atoms with Crippen molar-refractivity contribution in [3.8, 4) is 28.9 Å². The Kier molecular flexibility index (Phi) is 6.04. The van der Waals surface area contributed by atoms with E-state index in [1.807, 2.05) is 47.2 Å². The molecule has 2 aromatic heterocycles. The highest BCUT2D eigenvalue weighted by molar-refractivity contribution is 5.94. The molecule has 32 heavy (non-hydrogen) atoms. The zero-order chi connectivity index (χ0) is 22.7. The molecular weight excluding hydrogens is 404 g/mol. The fourth-order valence-corrected chi connectivity index (χ4v) is 3.90. The van der Waals surface area contributed by atoms with E-state index in [1.165, 1.54) is 0 Å². The van der Waals surface area contributed by atoms with Crippen LogP contribution >= 0.6 is 0 Å². The minimum atomic E-state index is -0.793. The third-order valence-electron chi connectivity index (χ3n) is 5.38. The molecular formula is C25H24N4O3. The number of hydrogen-bond donors (Lipinski definition) is 1. The quantitative estimate of drug-likeness (QED) is 0.409. The van der Waals surface area contributed by atoms with Gasteiger partial charge in [-0.3, -0.25) is 4.79 Å². The van der Waals surface area contributed by atoms with Gasteiger partial charge < -0.3 is 14.2 Å². The molecule has 0 radical (unpaired) electrons. The van der Waals surface area contributed by atoms with E-state index >= 15 is 0 Å². The fourth-order valence-electron chi connectivity index (χ4n) is 3.90. The Labute approximate surface area is 185 Å². The molecule has 7 nitrogen and oxygen atoms in total. The number of carbonyl (C=O) groups is 1. The van der Waals surface area contributed by atoms with Crippen molar-refractivity contribution in [3.05, 3.63) is 59.8 Å². The summed E-state index contributed by atoms with van der Waals surface area (Å²) >= 11 is 0. The number of aromatic nitrogens is 3. The monoisotopic (exact) mass is 428 g/mol. The predicted molar refractivity (Wildman–Crippen MR) is 121 cm³/mol. The van der Waals surface area contributed by atoms with E-state index in [9.17, 15) is 10.1 Å². The number of aryl methyl sites for hydroxylation is 1. The summed E-state index contributed by atoms with van der Waals surface area (Å²) in [6.07, 6.45) is 3.48. The molecule has 1 N–H and O–H groups in total. The van der Waals surface area contributed by atoms with Crippen LogP contribution in [0.5, 0.6) is 0 Å². The molecule has 0 aliphatic carbocycles. The van der Waals surface area contributed by atoms with E-state index < -0.39 is 5.97 Å². The summed E-state index contributed by atoms with van der Waals surface area (Å²) in [5.74, 6) is 0.502. The second kappa shape index (κ2) is 9.06. The smallest absolute Gasteiger partial charge is 0.303 e. The average Bonchev–Trinajstić information content (AvgIpc) is 3.41. The SMILES string of the molecule is CC(C)Cc1ccc(-c2nc(-c3cccc4c3ccn4CCCC(=O)O)no2)cc1C#N. The van der Waals surface area contributed by atoms with E-state index in [0.29, 0.717) is 41.7 Å². The fraction of sp³-hybridized carbons (Fsp3) is 0.280. The van der Waals surface area contributed by atoms with Crippen molar-refractivity contribution in [3.63, 3.8) is 0 Å². The van der Waals surface area contributed by atoms with Gasteiger partial charge in [0.2, 0.25) is 5.82 Å². The zero-order valence-corrected chi connectivity index (χ0v) is 18.1. The van der Waals surface area contributed by atoms with Crippen LogP contribution in [0.15, 0.2) is 53.2 Å². The van der Waals surface area contributed by atoms with Crippen LogP contribution in [-0.2, 0) is 17.8 Å². The number of nitrogens with zero attached hydrogens (tertiary/aromatic N) is 4. The van der Waals surface area contributed by atoms with Gasteiger partial charge in [0.1, 0.15) is 0 Å². The van der Waals surface area contributed by atoms with E-state index in [1.54, 1.807) is 6.07 Å². The summed E-state index contributed by atoms with van der Waals surface area (Å²) < 4.78 is 7.57. The highest BCUT2D eigenvalue weighted by Gasteiger charge is 2.16. The van der Waals surface area contributed by atoms with Crippen LogP contribution in [0, 0.1) is 17.2 Å². The number of carboxylic acids is 1. The molecule has 162 valence electrons. The second-order valence-electron chi connectivity index (χ2n) is 8.25. The molecule has 0 amide bonds. The number of aliphatic carboxylic acids is 1. The van der Waals surface area contributed by atoms with Gasteiger partial charge in [-0.1, -0.05) is 37.2 Å². The Balaban J connectivity index is 1.63. The lowest BCUT2D eigenvalue weighted by Crippen LogP contribution is -2.00. The highest BCUT2D eigenvalue weighted by atomic mass is 16.5. The van der Waals surface area contributed by atoms with Crippen LogP contribution in [0.4, 0.5) is 0 Å². The Morgan fingerprint density at radius 3 is 2.84 bits per heavy atom. The van der Waals surface area contributed by atoms with Crippen molar-refractivity contribution in [2.75, 3.05) is 0 Å². The predicted octanol–water partition coefficient (Wildman–Crippen LogP) is 5.29. The van der Waals surface area contributed by atoms with Crippen molar-refractivity contribution >= 4 is 16.9 Å². The van der Waals surface area contributed by atoms with Crippen LogP contribution in [0.1, 0.15) is 37.8 Å². The van der Waals surface area contributed by atoms with Crippen molar-refractivity contribution in [1.29, 1.82) is 5.26 Å². The summed E-state index contributed by atoms with van der Waals surface area (Å²) in [5, 5.41) is 23.6. The lowest BCUT2D eigenvalue weighted by atomic mass is 9.97. The second-order valence-corrected chi connectivity index (χ2v) is 8.25. The van der Waals surface area contributed by atoms with Crippen LogP contribution in [-0.4, -0.2) is 25.8 Å². The van der Waals surface area contributed by atoms with Crippen molar-refractivity contribution < 1.29 is 14.4 Å². The van der Waals surface area contributed by atoms with Crippen molar-refractivity contribution in [2.24, 2.45) is 5.92 Å². The molecule has 0 spiro atoms. The molecule has 0 atom stereocenters. The number of fused-ring (bicyclic) bond motifs is 1. The van der Waals surface area contributed by atoms with Gasteiger partial charge in [-0.25, -0.2) is 0 Å². The van der Waals surface area contributed by atoms with E-state index in [2.05, 4.69) is 30.1 Å². The highest BCUT2D eigenvalue weighted by Crippen LogP contribution is 2.30. The number of benzene rings is 2. The van der Waals surface area contributed by atoms with E-state index in [-0.39, 0.29) is 6.42 Å². The maximum absolute atomic E-state index is 10.8. The summed E-state index contributed by atoms with van der Waals surface area (Å²) in [5.41, 5.74) is 4.18. The zero-order valence-electron chi connectivity index (χ0n) is 18.1. The van der Waals surface area contributed by atoms with Gasteiger partial charge in [-0.2, -0.15) is 10.2 Å². The molecule has 0 unspecified atom stereocenters. The molecule has 0 aliphatic heterocycles. The van der Waals surface area contributed by atoms with Crippen LogP contribution in [0.2, 0.25) is 0 Å². The maximum Gasteiger partial charge on any atom is 0.303 e. The Bertz CT molecular complexity index is 1310. The van der Waals surface area contributed by atoms with Gasteiger partial charge in [-0.05, 0) is 48.6 Å². The molecule has 0 aliphatic rings. The van der Waals surface area contributed by atoms with E-state index in [0.717, 1.165) is 28.5 Å². The number of nitriles is 1. The summed E-state index contributed by atoms with van der Waals surface area (Å²) in [6, 6.07) is 15.8. The maximum atomic E-state index is 10.8. The van der Waals surface area contributed by atoms with Crippen molar-refractivity contribution in [1.82, 2.24) is 14.7 Å². The molecule has 0 saturated carbocycles. The van der Waals surface area contributed by atoms with Gasteiger partial charge in [0.25, 0.3) is 5.89 Å². The first-order valence-corrected chi connectivity index (χ1v) is 10.6. The van der Waals surface area contributed by atoms with Gasteiger partial charge >= 0.3 is 5.97 Å². The summed E-state index contributed by atoms with van der Waals surface area (Å²) in [4.78, 5) is 15.4. The number of hydrogen-bond acceptors (Lipinski definition) is 5. The standard InChI is InChI=1S/C25H24N4O3/c1-16(2)13-17-8-9-18(14-19(17)15-26)25-27-24(28-32-25)21-5-3-6-22-20(21)10-12-29(22)11-4-7-23(30)31/h3,5-6,8-10,12,14,16H,4,7,11,13H2,1-2H3,(H,30,31). The first-order chi connectivity index (χ1) is 15.5. The third kappa shape index (κ3) is 4.40.